The third-order valence-corrected chi connectivity index (χ3v) is 4.12. The molecule has 0 spiro atoms. The van der Waals surface area contributed by atoms with Crippen molar-refractivity contribution < 1.29 is 9.72 Å². The molecule has 0 bridgehead atoms. The lowest BCUT2D eigenvalue weighted by Gasteiger charge is -2.40. The van der Waals surface area contributed by atoms with Gasteiger partial charge in [0.25, 0.3) is 5.69 Å². The van der Waals surface area contributed by atoms with Gasteiger partial charge in [0.05, 0.1) is 11.0 Å². The van der Waals surface area contributed by atoms with Crippen molar-refractivity contribution in [1.82, 2.24) is 4.90 Å². The summed E-state index contributed by atoms with van der Waals surface area (Å²) in [6.45, 7) is 4.85. The smallest absolute Gasteiger partial charge is 0.269 e. The van der Waals surface area contributed by atoms with Gasteiger partial charge in [0.2, 0.25) is 5.91 Å². The van der Waals surface area contributed by atoms with Crippen molar-refractivity contribution in [2.45, 2.75) is 45.2 Å². The molecule has 2 rings (SSSR count). The van der Waals surface area contributed by atoms with E-state index < -0.39 is 4.92 Å². The maximum Gasteiger partial charge on any atom is 0.269 e. The molecule has 120 valence electrons. The molecule has 6 heteroatoms. The Morgan fingerprint density at radius 1 is 1.45 bits per heavy atom. The second-order valence-corrected chi connectivity index (χ2v) is 6.27. The van der Waals surface area contributed by atoms with Gasteiger partial charge in [-0.25, -0.2) is 0 Å². The van der Waals surface area contributed by atoms with Gasteiger partial charge < -0.3 is 10.6 Å². The molecule has 0 saturated carbocycles. The topological polar surface area (TPSA) is 89.5 Å². The summed E-state index contributed by atoms with van der Waals surface area (Å²) in [5.74, 6) is 0.565. The Bertz CT molecular complexity index is 559. The number of hydrogen-bond donors (Lipinski definition) is 1. The zero-order valence-electron chi connectivity index (χ0n) is 13.1. The van der Waals surface area contributed by atoms with Gasteiger partial charge in [-0.1, -0.05) is 26.0 Å². The highest BCUT2D eigenvalue weighted by Gasteiger charge is 2.35. The number of nitrogens with zero attached hydrogens (tertiary/aromatic N) is 2. The third kappa shape index (κ3) is 3.62. The van der Waals surface area contributed by atoms with Crippen molar-refractivity contribution in [3.8, 4) is 0 Å². The van der Waals surface area contributed by atoms with Crippen molar-refractivity contribution in [2.75, 3.05) is 6.54 Å². The number of amides is 1. The number of carbonyl (C=O) groups excluding carboxylic acids is 1. The summed E-state index contributed by atoms with van der Waals surface area (Å²) in [4.78, 5) is 24.6. The van der Waals surface area contributed by atoms with Crippen LogP contribution >= 0.6 is 0 Å². The molecule has 0 aromatic heterocycles. The molecule has 2 unspecified atom stereocenters. The van der Waals surface area contributed by atoms with Gasteiger partial charge in [-0.15, -0.1) is 0 Å². The SMILES string of the molecule is CC(C)CCN1C(=O)CCC(N)C1c1cccc([N+](=O)[O-])c1. The maximum absolute atomic E-state index is 12.3. The zero-order chi connectivity index (χ0) is 16.3. The van der Waals surface area contributed by atoms with Crippen molar-refractivity contribution >= 4 is 11.6 Å². The van der Waals surface area contributed by atoms with E-state index in [0.717, 1.165) is 12.0 Å². The molecule has 0 aliphatic carbocycles. The van der Waals surface area contributed by atoms with Gasteiger partial charge in [0.1, 0.15) is 0 Å². The predicted octanol–water partition coefficient (Wildman–Crippen LogP) is 2.63. The fraction of sp³-hybridized carbons (Fsp3) is 0.562. The van der Waals surface area contributed by atoms with Crippen LogP contribution in [0.1, 0.15) is 44.7 Å². The predicted molar refractivity (Wildman–Crippen MR) is 84.2 cm³/mol. The van der Waals surface area contributed by atoms with Crippen molar-refractivity contribution in [3.63, 3.8) is 0 Å². The summed E-state index contributed by atoms with van der Waals surface area (Å²) >= 11 is 0. The minimum Gasteiger partial charge on any atom is -0.334 e. The van der Waals surface area contributed by atoms with Crippen LogP contribution in [0.3, 0.4) is 0 Å². The van der Waals surface area contributed by atoms with Gasteiger partial charge >= 0.3 is 0 Å². The molecule has 1 aliphatic heterocycles. The quantitative estimate of drug-likeness (QED) is 0.669. The molecular formula is C16H23N3O3. The lowest BCUT2D eigenvalue weighted by molar-refractivity contribution is -0.385. The van der Waals surface area contributed by atoms with Crippen LogP contribution in [0.4, 0.5) is 5.69 Å². The molecule has 0 radical (unpaired) electrons. The van der Waals surface area contributed by atoms with E-state index in [0.29, 0.717) is 25.3 Å². The number of likely N-dealkylation sites (tertiary alicyclic amines) is 1. The van der Waals surface area contributed by atoms with E-state index in [-0.39, 0.29) is 23.7 Å². The lowest BCUT2D eigenvalue weighted by atomic mass is 9.89. The van der Waals surface area contributed by atoms with Crippen LogP contribution in [0.5, 0.6) is 0 Å². The molecule has 1 heterocycles. The Morgan fingerprint density at radius 3 is 2.82 bits per heavy atom. The molecule has 1 fully saturated rings. The van der Waals surface area contributed by atoms with E-state index in [1.807, 2.05) is 6.07 Å². The first-order valence-electron chi connectivity index (χ1n) is 7.69. The van der Waals surface area contributed by atoms with E-state index in [1.165, 1.54) is 12.1 Å². The molecule has 1 amide bonds. The Hall–Kier alpha value is -1.95. The van der Waals surface area contributed by atoms with Crippen LogP contribution in [0.25, 0.3) is 0 Å². The first kappa shape index (κ1) is 16.4. The Morgan fingerprint density at radius 2 is 2.18 bits per heavy atom. The van der Waals surface area contributed by atoms with Crippen LogP contribution in [-0.4, -0.2) is 28.3 Å². The summed E-state index contributed by atoms with van der Waals surface area (Å²) in [6.07, 6.45) is 1.96. The number of nitrogens with two attached hydrogens (primary N) is 1. The van der Waals surface area contributed by atoms with Gasteiger partial charge in [0, 0.05) is 31.1 Å². The summed E-state index contributed by atoms with van der Waals surface area (Å²) in [7, 11) is 0. The van der Waals surface area contributed by atoms with E-state index >= 15 is 0 Å². The Balaban J connectivity index is 2.31. The largest absolute Gasteiger partial charge is 0.334 e. The van der Waals surface area contributed by atoms with Crippen LogP contribution in [0, 0.1) is 16.0 Å². The van der Waals surface area contributed by atoms with Gasteiger partial charge in [-0.2, -0.15) is 0 Å². The molecule has 2 atom stereocenters. The summed E-state index contributed by atoms with van der Waals surface area (Å²) < 4.78 is 0. The third-order valence-electron chi connectivity index (χ3n) is 4.12. The van der Waals surface area contributed by atoms with Crippen LogP contribution in [0.2, 0.25) is 0 Å². The lowest BCUT2D eigenvalue weighted by Crippen LogP contribution is -2.49. The van der Waals surface area contributed by atoms with E-state index in [4.69, 9.17) is 5.73 Å². The molecular weight excluding hydrogens is 282 g/mol. The minimum atomic E-state index is -0.419. The van der Waals surface area contributed by atoms with Crippen molar-refractivity contribution in [1.29, 1.82) is 0 Å². The Kier molecular flexibility index (Phi) is 5.13. The van der Waals surface area contributed by atoms with Crippen LogP contribution < -0.4 is 5.73 Å². The summed E-state index contributed by atoms with van der Waals surface area (Å²) in [5, 5.41) is 11.0. The summed E-state index contributed by atoms with van der Waals surface area (Å²) in [6, 6.07) is 5.99. The average molecular weight is 305 g/mol. The van der Waals surface area contributed by atoms with Crippen molar-refractivity contribution in [3.05, 3.63) is 39.9 Å². The average Bonchev–Trinajstić information content (AvgIpc) is 2.47. The van der Waals surface area contributed by atoms with Crippen LogP contribution in [-0.2, 0) is 4.79 Å². The fourth-order valence-corrected chi connectivity index (χ4v) is 2.89. The van der Waals surface area contributed by atoms with E-state index in [2.05, 4.69) is 13.8 Å². The number of benzene rings is 1. The number of nitro groups is 1. The highest BCUT2D eigenvalue weighted by atomic mass is 16.6. The molecule has 2 N–H and O–H groups in total. The maximum atomic E-state index is 12.3. The molecule has 1 aliphatic rings. The van der Waals surface area contributed by atoms with Gasteiger partial charge in [0.15, 0.2) is 0 Å². The van der Waals surface area contributed by atoms with Gasteiger partial charge in [-0.3, -0.25) is 14.9 Å². The molecule has 22 heavy (non-hydrogen) atoms. The molecule has 1 aromatic rings. The fourth-order valence-electron chi connectivity index (χ4n) is 2.89. The van der Waals surface area contributed by atoms with E-state index in [1.54, 1.807) is 11.0 Å². The number of carbonyl (C=O) groups is 1. The number of piperidine rings is 1. The van der Waals surface area contributed by atoms with Crippen LogP contribution in [0.15, 0.2) is 24.3 Å². The second-order valence-electron chi connectivity index (χ2n) is 6.27. The zero-order valence-corrected chi connectivity index (χ0v) is 13.1. The van der Waals surface area contributed by atoms with Gasteiger partial charge in [-0.05, 0) is 24.3 Å². The number of non-ortho nitro benzene ring substituents is 1. The Labute approximate surface area is 130 Å². The highest BCUT2D eigenvalue weighted by Crippen LogP contribution is 2.33. The minimum absolute atomic E-state index is 0.0338. The first-order chi connectivity index (χ1) is 10.4. The number of nitro benzene ring substituents is 1. The monoisotopic (exact) mass is 305 g/mol. The summed E-state index contributed by atoms with van der Waals surface area (Å²) in [5.41, 5.74) is 7.01. The molecule has 6 nitrogen and oxygen atoms in total. The molecule has 1 aromatic carbocycles. The standard InChI is InChI=1S/C16H23N3O3/c1-11(2)8-9-18-15(20)7-6-14(17)16(18)12-4-3-5-13(10-12)19(21)22/h3-5,10-11,14,16H,6-9,17H2,1-2H3. The van der Waals surface area contributed by atoms with E-state index in [9.17, 15) is 14.9 Å². The highest BCUT2D eigenvalue weighted by molar-refractivity contribution is 5.78. The normalized spacial score (nSPS) is 22.2. The first-order valence-corrected chi connectivity index (χ1v) is 7.69. The number of rotatable bonds is 5. The number of hydrogen-bond acceptors (Lipinski definition) is 4. The van der Waals surface area contributed by atoms with Crippen molar-refractivity contribution in [2.24, 2.45) is 11.7 Å². The second kappa shape index (κ2) is 6.87. The molecule has 1 saturated heterocycles.